The van der Waals surface area contributed by atoms with E-state index in [1.54, 1.807) is 4.90 Å². The lowest BCUT2D eigenvalue weighted by Gasteiger charge is -2.32. The van der Waals surface area contributed by atoms with E-state index < -0.39 is 29.5 Å². The molecule has 2 aliphatic rings. The van der Waals surface area contributed by atoms with Crippen molar-refractivity contribution in [3.63, 3.8) is 0 Å². The molecule has 1 aromatic rings. The van der Waals surface area contributed by atoms with Gasteiger partial charge in [0.15, 0.2) is 0 Å². The topological polar surface area (TPSA) is 74.3 Å². The molecule has 2 heterocycles. The highest BCUT2D eigenvalue weighted by Gasteiger charge is 2.51. The second-order valence-corrected chi connectivity index (χ2v) is 13.7. The summed E-state index contributed by atoms with van der Waals surface area (Å²) in [6, 6.07) is 6.26. The molecule has 2 atom stereocenters. The minimum atomic E-state index is -0.598. The summed E-state index contributed by atoms with van der Waals surface area (Å²) in [5, 5.41) is 0. The molecular weight excluding hydrogens is 469 g/mol. The maximum absolute atomic E-state index is 13.4. The lowest BCUT2D eigenvalue weighted by atomic mass is 9.76. The summed E-state index contributed by atoms with van der Waals surface area (Å²) in [5.74, 6) is -0.648. The highest BCUT2D eigenvalue weighted by Crippen LogP contribution is 2.37. The maximum Gasteiger partial charge on any atom is 0.494 e. The Kier molecular flexibility index (Phi) is 8.17. The van der Waals surface area contributed by atoms with Crippen LogP contribution in [0.2, 0.25) is 0 Å². The molecule has 206 valence electrons. The molecule has 2 aliphatic heterocycles. The van der Waals surface area contributed by atoms with Crippen LogP contribution < -0.4 is 5.46 Å². The van der Waals surface area contributed by atoms with Gasteiger partial charge in [-0.05, 0) is 106 Å². The van der Waals surface area contributed by atoms with Crippen molar-refractivity contribution >= 4 is 24.6 Å². The van der Waals surface area contributed by atoms with Crippen LogP contribution in [-0.2, 0) is 30.0 Å². The number of aryl methyl sites for hydroxylation is 1. The predicted octanol–water partition coefficient (Wildman–Crippen LogP) is 5.05. The van der Waals surface area contributed by atoms with Crippen LogP contribution in [0.25, 0.3) is 0 Å². The second kappa shape index (κ2) is 10.3. The monoisotopic (exact) mass is 515 g/mol. The van der Waals surface area contributed by atoms with E-state index >= 15 is 0 Å². The van der Waals surface area contributed by atoms with E-state index in [-0.39, 0.29) is 23.9 Å². The van der Waals surface area contributed by atoms with Crippen LogP contribution in [0.5, 0.6) is 0 Å². The molecule has 0 unspecified atom stereocenters. The number of amides is 1. The summed E-state index contributed by atoms with van der Waals surface area (Å²) in [6.07, 6.45) is 0.895. The quantitative estimate of drug-likeness (QED) is 0.404. The van der Waals surface area contributed by atoms with Gasteiger partial charge in [0.1, 0.15) is 11.2 Å². The molecule has 8 heteroatoms. The van der Waals surface area contributed by atoms with Gasteiger partial charge in [-0.25, -0.2) is 4.79 Å². The molecule has 0 saturated carbocycles. The summed E-state index contributed by atoms with van der Waals surface area (Å²) in [7, 11) is -0.474. The molecule has 1 amide bonds. The molecule has 0 spiro atoms. The van der Waals surface area contributed by atoms with Crippen molar-refractivity contribution in [1.82, 2.24) is 4.90 Å². The van der Waals surface area contributed by atoms with E-state index in [0.717, 1.165) is 23.0 Å². The van der Waals surface area contributed by atoms with E-state index in [9.17, 15) is 9.59 Å². The molecule has 3 rings (SSSR count). The van der Waals surface area contributed by atoms with Gasteiger partial charge in [0.05, 0.1) is 17.1 Å². The zero-order chi connectivity index (χ0) is 28.0. The second-order valence-electron chi connectivity index (χ2n) is 13.7. The largest absolute Gasteiger partial charge is 0.494 e. The Bertz CT molecular complexity index is 991. The molecule has 2 fully saturated rings. The normalized spacial score (nSPS) is 22.2. The van der Waals surface area contributed by atoms with Crippen molar-refractivity contribution in [2.75, 3.05) is 13.1 Å². The summed E-state index contributed by atoms with van der Waals surface area (Å²) < 4.78 is 24.0. The van der Waals surface area contributed by atoms with Crippen LogP contribution in [0.15, 0.2) is 18.2 Å². The van der Waals surface area contributed by atoms with Gasteiger partial charge >= 0.3 is 19.2 Å². The van der Waals surface area contributed by atoms with Crippen LogP contribution in [0, 0.1) is 18.8 Å². The van der Waals surface area contributed by atoms with Gasteiger partial charge in [-0.3, -0.25) is 4.79 Å². The third-order valence-corrected chi connectivity index (χ3v) is 7.30. The van der Waals surface area contributed by atoms with Gasteiger partial charge < -0.3 is 23.7 Å². The SMILES string of the molecule is Cc1cc(C[C@H](C(=O)OC(C)(C)C)[C@H]2CCN(C(=O)OC(C)(C)C)C2)cc(B2OC(C)(C)C(C)(C)O2)c1. The van der Waals surface area contributed by atoms with Gasteiger partial charge in [0, 0.05) is 13.1 Å². The lowest BCUT2D eigenvalue weighted by Crippen LogP contribution is -2.41. The van der Waals surface area contributed by atoms with E-state index in [0.29, 0.717) is 19.5 Å². The zero-order valence-corrected chi connectivity index (χ0v) is 24.7. The standard InChI is InChI=1S/C29H46BNO6/c1-19-14-20(16-22(15-19)30-36-28(8,9)29(10,11)37-30)17-23(24(32)34-26(2,3)4)21-12-13-31(18-21)25(33)35-27(5,6)7/h14-16,21,23H,12-13,17-18H2,1-11H3/t21-,23-/m0/s1. The average molecular weight is 516 g/mol. The van der Waals surface area contributed by atoms with Crippen molar-refractivity contribution in [1.29, 1.82) is 0 Å². The summed E-state index contributed by atoms with van der Waals surface area (Å²) >= 11 is 0. The first-order chi connectivity index (χ1) is 16.8. The minimum Gasteiger partial charge on any atom is -0.460 e. The van der Waals surface area contributed by atoms with Gasteiger partial charge in [-0.1, -0.05) is 23.8 Å². The smallest absolute Gasteiger partial charge is 0.460 e. The highest BCUT2D eigenvalue weighted by molar-refractivity contribution is 6.62. The molecule has 0 aromatic heterocycles. The molecular formula is C29H46BNO6. The van der Waals surface area contributed by atoms with Crippen molar-refractivity contribution in [2.45, 2.75) is 111 Å². The number of carbonyl (C=O) groups excluding carboxylic acids is 2. The summed E-state index contributed by atoms with van der Waals surface area (Å²) in [6.45, 7) is 22.5. The van der Waals surface area contributed by atoms with Crippen LogP contribution in [0.4, 0.5) is 4.79 Å². The first-order valence-electron chi connectivity index (χ1n) is 13.4. The highest BCUT2D eigenvalue weighted by atomic mass is 16.7. The number of esters is 1. The molecule has 0 radical (unpaired) electrons. The number of hydrogen-bond donors (Lipinski definition) is 0. The number of rotatable bonds is 5. The van der Waals surface area contributed by atoms with Crippen LogP contribution in [-0.4, -0.2) is 59.6 Å². The molecule has 0 aliphatic carbocycles. The number of benzene rings is 1. The number of likely N-dealkylation sites (tertiary alicyclic amines) is 1. The Morgan fingerprint density at radius 2 is 1.57 bits per heavy atom. The van der Waals surface area contributed by atoms with Crippen molar-refractivity contribution < 1.29 is 28.4 Å². The third-order valence-electron chi connectivity index (χ3n) is 7.30. The van der Waals surface area contributed by atoms with Crippen molar-refractivity contribution in [2.24, 2.45) is 11.8 Å². The molecule has 2 saturated heterocycles. The zero-order valence-electron chi connectivity index (χ0n) is 24.7. The molecule has 1 aromatic carbocycles. The fourth-order valence-corrected chi connectivity index (χ4v) is 4.81. The van der Waals surface area contributed by atoms with Gasteiger partial charge in [-0.15, -0.1) is 0 Å². The van der Waals surface area contributed by atoms with Crippen LogP contribution in [0.3, 0.4) is 0 Å². The number of nitrogens with zero attached hydrogens (tertiary/aromatic N) is 1. The van der Waals surface area contributed by atoms with Crippen LogP contribution >= 0.6 is 0 Å². The minimum absolute atomic E-state index is 0.0248. The van der Waals surface area contributed by atoms with E-state index in [1.807, 2.05) is 76.2 Å². The fourth-order valence-electron chi connectivity index (χ4n) is 4.81. The molecule has 0 bridgehead atoms. The molecule has 37 heavy (non-hydrogen) atoms. The van der Waals surface area contributed by atoms with E-state index in [1.165, 1.54) is 0 Å². The van der Waals surface area contributed by atoms with E-state index in [4.69, 9.17) is 18.8 Å². The average Bonchev–Trinajstić information content (AvgIpc) is 3.25. The van der Waals surface area contributed by atoms with Gasteiger partial charge in [0.25, 0.3) is 0 Å². The van der Waals surface area contributed by atoms with Gasteiger partial charge in [0.2, 0.25) is 0 Å². The maximum atomic E-state index is 13.4. The molecule has 7 nitrogen and oxygen atoms in total. The van der Waals surface area contributed by atoms with Gasteiger partial charge in [-0.2, -0.15) is 0 Å². The fraction of sp³-hybridized carbons (Fsp3) is 0.724. The Morgan fingerprint density at radius 1 is 1.00 bits per heavy atom. The van der Waals surface area contributed by atoms with Crippen LogP contribution in [0.1, 0.15) is 86.8 Å². The number of ether oxygens (including phenoxy) is 2. The van der Waals surface area contributed by atoms with Crippen molar-refractivity contribution in [3.8, 4) is 0 Å². The number of carbonyl (C=O) groups is 2. The third kappa shape index (κ3) is 7.50. The summed E-state index contributed by atoms with van der Waals surface area (Å²) in [5.41, 5.74) is 1.01. The van der Waals surface area contributed by atoms with E-state index in [2.05, 4.69) is 18.2 Å². The van der Waals surface area contributed by atoms with Crippen molar-refractivity contribution in [3.05, 3.63) is 29.3 Å². The predicted molar refractivity (Wildman–Crippen MR) is 146 cm³/mol. The Hall–Kier alpha value is -2.06. The Morgan fingerprint density at radius 3 is 2.11 bits per heavy atom. The Balaban J connectivity index is 1.84. The first kappa shape index (κ1) is 29.5. The Labute approximate surface area is 223 Å². The lowest BCUT2D eigenvalue weighted by molar-refractivity contribution is -0.161. The summed E-state index contributed by atoms with van der Waals surface area (Å²) in [4.78, 5) is 27.8. The molecule has 0 N–H and O–H groups in total. The number of hydrogen-bond acceptors (Lipinski definition) is 6. The first-order valence-corrected chi connectivity index (χ1v) is 13.4.